The third-order valence-electron chi connectivity index (χ3n) is 3.26. The molecular weight excluding hydrogens is 236 g/mol. The molecule has 0 aromatic rings. The highest BCUT2D eigenvalue weighted by atomic mass is 16.5. The Hall–Kier alpha value is -0.890. The minimum absolute atomic E-state index is 0.302. The van der Waals surface area contributed by atoms with Crippen molar-refractivity contribution in [2.45, 2.75) is 66.4 Å². The summed E-state index contributed by atoms with van der Waals surface area (Å²) in [6, 6.07) is 0. The van der Waals surface area contributed by atoms with Crippen molar-refractivity contribution in [2.24, 2.45) is 5.92 Å². The molecule has 0 saturated carbocycles. The van der Waals surface area contributed by atoms with Crippen LogP contribution in [0.5, 0.6) is 0 Å². The van der Waals surface area contributed by atoms with Crippen LogP contribution in [0.2, 0.25) is 0 Å². The summed E-state index contributed by atoms with van der Waals surface area (Å²) in [7, 11) is 0. The van der Waals surface area contributed by atoms with Gasteiger partial charge in [0.15, 0.2) is 0 Å². The number of rotatable bonds is 7. The maximum Gasteiger partial charge on any atom is 0.149 e. The topological polar surface area (TPSA) is 26.3 Å². The van der Waals surface area contributed by atoms with E-state index in [2.05, 4.69) is 26.0 Å². The number of carbonyl (C=O) groups excluding carboxylic acids is 1. The minimum atomic E-state index is 0.302. The molecule has 0 fully saturated rings. The van der Waals surface area contributed by atoms with Crippen molar-refractivity contribution in [3.8, 4) is 0 Å². The average molecular weight is 266 g/mol. The molecule has 1 aliphatic carbocycles. The van der Waals surface area contributed by atoms with Gasteiger partial charge < -0.3 is 4.74 Å². The molecule has 0 bridgehead atoms. The van der Waals surface area contributed by atoms with Crippen molar-refractivity contribution in [2.75, 3.05) is 6.61 Å². The van der Waals surface area contributed by atoms with Gasteiger partial charge in [-0.1, -0.05) is 44.9 Å². The number of allylic oxidation sites excluding steroid dienone is 4. The van der Waals surface area contributed by atoms with Gasteiger partial charge in [-0.2, -0.15) is 0 Å². The lowest BCUT2D eigenvalue weighted by Gasteiger charge is -2.25. The first-order valence-electron chi connectivity index (χ1n) is 7.68. The molecule has 1 rings (SSSR count). The molecule has 2 atom stereocenters. The molecule has 2 unspecified atom stereocenters. The molecule has 110 valence electrons. The summed E-state index contributed by atoms with van der Waals surface area (Å²) < 4.78 is 5.61. The number of hydrogen-bond donors (Lipinski definition) is 0. The fraction of sp³-hybridized carbons (Fsp3) is 0.706. The Morgan fingerprint density at radius 3 is 2.63 bits per heavy atom. The van der Waals surface area contributed by atoms with Crippen LogP contribution in [0.1, 0.15) is 60.3 Å². The smallest absolute Gasteiger partial charge is 0.149 e. The normalized spacial score (nSPS) is 19.7. The van der Waals surface area contributed by atoms with Crippen LogP contribution < -0.4 is 0 Å². The van der Waals surface area contributed by atoms with E-state index in [1.54, 1.807) is 0 Å². The van der Waals surface area contributed by atoms with Crippen molar-refractivity contribution >= 4 is 6.29 Å². The standard InChI is InChI=1S/C15H24O2.C2H6/c1-4-6-14-10-13(11-16)7-8-15(14)9-12(3)17-5-2;1-2/h7,10-12,15H,4-6,8-9H2,1-3H3;1-2H3. The number of carbonyl (C=O) groups is 1. The van der Waals surface area contributed by atoms with Gasteiger partial charge in [0.25, 0.3) is 0 Å². The minimum Gasteiger partial charge on any atom is -0.379 e. The van der Waals surface area contributed by atoms with E-state index in [1.807, 2.05) is 20.8 Å². The molecule has 0 aliphatic heterocycles. The zero-order chi connectivity index (χ0) is 14.7. The van der Waals surface area contributed by atoms with Gasteiger partial charge >= 0.3 is 0 Å². The molecule has 0 spiro atoms. The molecule has 19 heavy (non-hydrogen) atoms. The third kappa shape index (κ3) is 6.72. The lowest BCUT2D eigenvalue weighted by Crippen LogP contribution is -2.17. The van der Waals surface area contributed by atoms with Gasteiger partial charge in [-0.25, -0.2) is 0 Å². The highest BCUT2D eigenvalue weighted by Crippen LogP contribution is 2.30. The van der Waals surface area contributed by atoms with Gasteiger partial charge in [-0.15, -0.1) is 0 Å². The van der Waals surface area contributed by atoms with Crippen LogP contribution >= 0.6 is 0 Å². The second-order valence-corrected chi connectivity index (χ2v) is 4.73. The lowest BCUT2D eigenvalue weighted by atomic mass is 9.83. The zero-order valence-corrected chi connectivity index (χ0v) is 13.2. The Morgan fingerprint density at radius 1 is 1.42 bits per heavy atom. The molecule has 0 radical (unpaired) electrons. The van der Waals surface area contributed by atoms with Crippen LogP contribution in [0.4, 0.5) is 0 Å². The van der Waals surface area contributed by atoms with E-state index in [0.717, 1.165) is 44.1 Å². The molecule has 0 aromatic carbocycles. The Balaban J connectivity index is 0.00000154. The maximum absolute atomic E-state index is 10.8. The number of aldehydes is 1. The number of ether oxygens (including phenoxy) is 1. The molecule has 0 N–H and O–H groups in total. The molecule has 0 saturated heterocycles. The van der Waals surface area contributed by atoms with Crippen LogP contribution in [0, 0.1) is 5.92 Å². The van der Waals surface area contributed by atoms with Crippen LogP contribution in [0.15, 0.2) is 23.3 Å². The molecular formula is C17H30O2. The van der Waals surface area contributed by atoms with Crippen molar-refractivity contribution in [1.29, 1.82) is 0 Å². The first kappa shape index (κ1) is 18.1. The zero-order valence-electron chi connectivity index (χ0n) is 13.2. The summed E-state index contributed by atoms with van der Waals surface area (Å²) >= 11 is 0. The second-order valence-electron chi connectivity index (χ2n) is 4.73. The largest absolute Gasteiger partial charge is 0.379 e. The third-order valence-corrected chi connectivity index (χ3v) is 3.26. The van der Waals surface area contributed by atoms with Crippen molar-refractivity contribution in [1.82, 2.24) is 0 Å². The van der Waals surface area contributed by atoms with Gasteiger partial charge in [-0.05, 0) is 39.0 Å². The highest BCUT2D eigenvalue weighted by Gasteiger charge is 2.19. The predicted molar refractivity (Wildman–Crippen MR) is 82.3 cm³/mol. The average Bonchev–Trinajstić information content (AvgIpc) is 2.43. The monoisotopic (exact) mass is 266 g/mol. The Labute approximate surface area is 118 Å². The van der Waals surface area contributed by atoms with E-state index in [-0.39, 0.29) is 0 Å². The first-order valence-corrected chi connectivity index (χ1v) is 7.68. The van der Waals surface area contributed by atoms with Crippen molar-refractivity contribution in [3.05, 3.63) is 23.3 Å². The molecule has 2 heteroatoms. The molecule has 0 aromatic heterocycles. The summed E-state index contributed by atoms with van der Waals surface area (Å²) in [4.78, 5) is 10.8. The first-order chi connectivity index (χ1) is 9.21. The van der Waals surface area contributed by atoms with E-state index in [9.17, 15) is 4.79 Å². The quantitative estimate of drug-likeness (QED) is 0.624. The summed E-state index contributed by atoms with van der Waals surface area (Å²) in [5, 5.41) is 0. The Morgan fingerprint density at radius 2 is 2.11 bits per heavy atom. The van der Waals surface area contributed by atoms with E-state index in [0.29, 0.717) is 12.0 Å². The lowest BCUT2D eigenvalue weighted by molar-refractivity contribution is -0.104. The van der Waals surface area contributed by atoms with Crippen LogP contribution in [0.25, 0.3) is 0 Å². The van der Waals surface area contributed by atoms with E-state index < -0.39 is 0 Å². The summed E-state index contributed by atoms with van der Waals surface area (Å²) in [5.41, 5.74) is 2.26. The predicted octanol–water partition coefficient (Wildman–Crippen LogP) is 4.70. The summed E-state index contributed by atoms with van der Waals surface area (Å²) in [5.74, 6) is 0.556. The molecule has 0 heterocycles. The molecule has 1 aliphatic rings. The summed E-state index contributed by atoms with van der Waals surface area (Å²) in [6.07, 6.45) is 9.65. The van der Waals surface area contributed by atoms with Gasteiger partial charge in [-0.3, -0.25) is 4.79 Å². The van der Waals surface area contributed by atoms with E-state index in [4.69, 9.17) is 4.74 Å². The SMILES string of the molecule is CC.CCCC1=CC(C=O)=CCC1CC(C)OCC. The van der Waals surface area contributed by atoms with Crippen LogP contribution in [0.3, 0.4) is 0 Å². The summed E-state index contributed by atoms with van der Waals surface area (Å²) in [6.45, 7) is 11.1. The fourth-order valence-electron chi connectivity index (χ4n) is 2.47. The Kier molecular flexibility index (Phi) is 10.5. The second kappa shape index (κ2) is 11.0. The maximum atomic E-state index is 10.8. The molecule has 2 nitrogen and oxygen atoms in total. The fourth-order valence-corrected chi connectivity index (χ4v) is 2.47. The number of hydrogen-bond acceptors (Lipinski definition) is 2. The van der Waals surface area contributed by atoms with Gasteiger partial charge in [0.1, 0.15) is 6.29 Å². The molecule has 0 amide bonds. The Bertz CT molecular complexity index is 302. The van der Waals surface area contributed by atoms with Gasteiger partial charge in [0.2, 0.25) is 0 Å². The van der Waals surface area contributed by atoms with Crippen molar-refractivity contribution < 1.29 is 9.53 Å². The van der Waals surface area contributed by atoms with E-state index in [1.165, 1.54) is 5.57 Å². The highest BCUT2D eigenvalue weighted by molar-refractivity contribution is 5.78. The van der Waals surface area contributed by atoms with Crippen LogP contribution in [-0.2, 0) is 9.53 Å². The van der Waals surface area contributed by atoms with E-state index >= 15 is 0 Å². The van der Waals surface area contributed by atoms with Gasteiger partial charge in [0.05, 0.1) is 6.10 Å². The van der Waals surface area contributed by atoms with Gasteiger partial charge in [0, 0.05) is 12.2 Å². The van der Waals surface area contributed by atoms with Crippen molar-refractivity contribution in [3.63, 3.8) is 0 Å². The van der Waals surface area contributed by atoms with Crippen LogP contribution in [-0.4, -0.2) is 19.0 Å².